The molecule has 6 rings (SSSR count). The number of carbonyl (C=O) groups excluding carboxylic acids is 2. The topological polar surface area (TPSA) is 95.9 Å². The zero-order chi connectivity index (χ0) is 24.6. The van der Waals surface area contributed by atoms with Crippen LogP contribution in [0.4, 0.5) is 11.4 Å². The van der Waals surface area contributed by atoms with E-state index < -0.39 is 5.97 Å². The van der Waals surface area contributed by atoms with Gasteiger partial charge in [0, 0.05) is 19.1 Å². The molecule has 0 aromatic heterocycles. The molecule has 0 aliphatic carbocycles. The molecule has 3 heterocycles. The van der Waals surface area contributed by atoms with E-state index >= 15 is 0 Å². The van der Waals surface area contributed by atoms with Gasteiger partial charge in [0.1, 0.15) is 5.75 Å². The second-order valence-electron chi connectivity index (χ2n) is 7.89. The Hall–Kier alpha value is -4.44. The van der Waals surface area contributed by atoms with Gasteiger partial charge in [0.25, 0.3) is 5.91 Å². The second-order valence-corrected chi connectivity index (χ2v) is 8.90. The van der Waals surface area contributed by atoms with E-state index in [9.17, 15) is 9.59 Å². The first-order valence-corrected chi connectivity index (χ1v) is 11.8. The summed E-state index contributed by atoms with van der Waals surface area (Å²) < 4.78 is 27.0. The van der Waals surface area contributed by atoms with Crippen molar-refractivity contribution in [2.75, 3.05) is 18.5 Å². The van der Waals surface area contributed by atoms with E-state index in [1.54, 1.807) is 60.7 Å². The molecule has 10 heteroatoms. The molecule has 1 saturated heterocycles. The molecule has 0 spiro atoms. The fraction of sp³-hybridized carbons (Fsp3) is 0.115. The molecule has 0 saturated carbocycles. The third kappa shape index (κ3) is 4.22. The fourth-order valence-electron chi connectivity index (χ4n) is 3.85. The third-order valence-corrected chi connectivity index (χ3v) is 6.39. The molecule has 0 atom stereocenters. The highest BCUT2D eigenvalue weighted by molar-refractivity contribution is 8.19. The summed E-state index contributed by atoms with van der Waals surface area (Å²) in [6, 6.07) is 17.6. The van der Waals surface area contributed by atoms with Gasteiger partial charge in [0.05, 0.1) is 16.3 Å². The number of esters is 1. The van der Waals surface area contributed by atoms with Crippen molar-refractivity contribution in [1.82, 2.24) is 0 Å². The van der Waals surface area contributed by atoms with Gasteiger partial charge in [-0.25, -0.2) is 4.99 Å². The quantitative estimate of drug-likeness (QED) is 0.283. The number of amides is 1. The highest BCUT2D eigenvalue weighted by atomic mass is 32.2. The zero-order valence-electron chi connectivity index (χ0n) is 18.9. The summed E-state index contributed by atoms with van der Waals surface area (Å²) in [5, 5.41) is 0.458. The van der Waals surface area contributed by atoms with E-state index in [4.69, 9.17) is 28.7 Å². The molecule has 1 fully saturated rings. The van der Waals surface area contributed by atoms with E-state index in [0.717, 1.165) is 0 Å². The lowest BCUT2D eigenvalue weighted by molar-refractivity contribution is -0.131. The van der Waals surface area contributed by atoms with Gasteiger partial charge < -0.3 is 23.7 Å². The minimum absolute atomic E-state index is 0.128. The number of fused-ring (bicyclic) bond motifs is 2. The van der Waals surface area contributed by atoms with Gasteiger partial charge in [0.2, 0.25) is 13.6 Å². The highest BCUT2D eigenvalue weighted by Gasteiger charge is 2.35. The summed E-state index contributed by atoms with van der Waals surface area (Å²) in [6.07, 6.45) is 1.74. The van der Waals surface area contributed by atoms with Crippen LogP contribution in [0.5, 0.6) is 28.7 Å². The lowest BCUT2D eigenvalue weighted by Gasteiger charge is -2.16. The van der Waals surface area contributed by atoms with Crippen molar-refractivity contribution < 1.29 is 33.3 Å². The normalized spacial score (nSPS) is 17.8. The molecule has 0 radical (unpaired) electrons. The van der Waals surface area contributed by atoms with Crippen molar-refractivity contribution in [3.8, 4) is 28.7 Å². The monoisotopic (exact) mass is 502 g/mol. The Morgan fingerprint density at radius 2 is 1.67 bits per heavy atom. The first kappa shape index (κ1) is 22.1. The molecule has 3 aliphatic heterocycles. The molecular weight excluding hydrogens is 484 g/mol. The third-order valence-electron chi connectivity index (χ3n) is 5.42. The van der Waals surface area contributed by atoms with Gasteiger partial charge >= 0.3 is 5.97 Å². The zero-order valence-corrected chi connectivity index (χ0v) is 19.7. The van der Waals surface area contributed by atoms with Crippen LogP contribution in [-0.2, 0) is 9.59 Å². The Bertz CT molecular complexity index is 1470. The average Bonchev–Trinajstić information content (AvgIpc) is 3.58. The standard InChI is InChI=1S/C26H18N2O7S/c1-15(29)35-19-4-2-3-16(9-19)10-24-25(30)28(18-6-8-21-23(12-18)34-14-32-21)26(36-24)27-17-5-7-20-22(11-17)33-13-31-20/h2-12H,13-14H2,1H3/b24-10-,27-26?. The Morgan fingerprint density at radius 1 is 0.944 bits per heavy atom. The molecule has 1 amide bonds. The summed E-state index contributed by atoms with van der Waals surface area (Å²) in [7, 11) is 0. The molecule has 3 aromatic rings. The summed E-state index contributed by atoms with van der Waals surface area (Å²) in [5.74, 6) is 2.14. The molecule has 0 unspecified atom stereocenters. The van der Waals surface area contributed by atoms with Crippen LogP contribution in [0.25, 0.3) is 6.08 Å². The molecule has 9 nitrogen and oxygen atoms in total. The van der Waals surface area contributed by atoms with Crippen molar-refractivity contribution in [2.45, 2.75) is 6.92 Å². The fourth-order valence-corrected chi connectivity index (χ4v) is 4.85. The van der Waals surface area contributed by atoms with Crippen molar-refractivity contribution in [1.29, 1.82) is 0 Å². The van der Waals surface area contributed by atoms with Gasteiger partial charge in [0.15, 0.2) is 28.2 Å². The predicted molar refractivity (Wildman–Crippen MR) is 133 cm³/mol. The van der Waals surface area contributed by atoms with Crippen LogP contribution in [0.3, 0.4) is 0 Å². The van der Waals surface area contributed by atoms with Crippen LogP contribution in [0.15, 0.2) is 70.6 Å². The molecule has 36 heavy (non-hydrogen) atoms. The number of nitrogens with zero attached hydrogens (tertiary/aromatic N) is 2. The van der Waals surface area contributed by atoms with Crippen molar-refractivity contribution >= 4 is 46.3 Å². The minimum Gasteiger partial charge on any atom is -0.454 e. The Kier molecular flexibility index (Phi) is 5.49. The molecule has 180 valence electrons. The van der Waals surface area contributed by atoms with E-state index in [-0.39, 0.29) is 19.5 Å². The molecule has 0 bridgehead atoms. The number of carbonyl (C=O) groups is 2. The molecule has 3 aliphatic rings. The van der Waals surface area contributed by atoms with Gasteiger partial charge in [-0.1, -0.05) is 12.1 Å². The van der Waals surface area contributed by atoms with Gasteiger partial charge in [-0.05, 0) is 59.8 Å². The van der Waals surface area contributed by atoms with E-state index in [1.165, 1.54) is 23.6 Å². The molecular formula is C26H18N2O7S. The van der Waals surface area contributed by atoms with Gasteiger partial charge in [-0.3, -0.25) is 14.5 Å². The maximum absolute atomic E-state index is 13.6. The summed E-state index contributed by atoms with van der Waals surface area (Å²) in [4.78, 5) is 31.7. The van der Waals surface area contributed by atoms with Crippen molar-refractivity contribution in [2.24, 2.45) is 4.99 Å². The predicted octanol–water partition coefficient (Wildman–Crippen LogP) is 4.88. The number of benzene rings is 3. The molecule has 0 N–H and O–H groups in total. The van der Waals surface area contributed by atoms with Crippen LogP contribution in [0, 0.1) is 0 Å². The number of rotatable bonds is 4. The van der Waals surface area contributed by atoms with Gasteiger partial charge in [-0.15, -0.1) is 0 Å². The number of ether oxygens (including phenoxy) is 5. The maximum Gasteiger partial charge on any atom is 0.308 e. The SMILES string of the molecule is CC(=O)Oc1cccc(/C=C2\SC(=Nc3ccc4c(c3)OCO4)N(c3ccc4c(c3)OCO4)C2=O)c1. The van der Waals surface area contributed by atoms with E-state index in [1.807, 2.05) is 6.07 Å². The number of thioether (sulfide) groups is 1. The van der Waals surface area contributed by atoms with Crippen molar-refractivity contribution in [3.05, 3.63) is 71.1 Å². The minimum atomic E-state index is -0.418. The summed E-state index contributed by atoms with van der Waals surface area (Å²) in [5.41, 5.74) is 1.91. The maximum atomic E-state index is 13.6. The van der Waals surface area contributed by atoms with Gasteiger partial charge in [-0.2, -0.15) is 0 Å². The van der Waals surface area contributed by atoms with Crippen LogP contribution < -0.4 is 28.6 Å². The van der Waals surface area contributed by atoms with Crippen LogP contribution in [0.2, 0.25) is 0 Å². The highest BCUT2D eigenvalue weighted by Crippen LogP contribution is 2.42. The number of hydrogen-bond donors (Lipinski definition) is 0. The summed E-state index contributed by atoms with van der Waals surface area (Å²) in [6.45, 7) is 1.62. The lowest BCUT2D eigenvalue weighted by atomic mass is 10.2. The van der Waals surface area contributed by atoms with Crippen LogP contribution in [0.1, 0.15) is 12.5 Å². The average molecular weight is 503 g/mol. The number of aliphatic imine (C=N–C) groups is 1. The van der Waals surface area contributed by atoms with Crippen LogP contribution >= 0.6 is 11.8 Å². The summed E-state index contributed by atoms with van der Waals surface area (Å²) >= 11 is 1.23. The number of hydrogen-bond acceptors (Lipinski definition) is 9. The number of amidine groups is 1. The smallest absolute Gasteiger partial charge is 0.308 e. The first-order chi connectivity index (χ1) is 17.5. The Morgan fingerprint density at radius 3 is 2.44 bits per heavy atom. The van der Waals surface area contributed by atoms with E-state index in [0.29, 0.717) is 55.8 Å². The Balaban J connectivity index is 1.39. The van der Waals surface area contributed by atoms with Crippen molar-refractivity contribution in [3.63, 3.8) is 0 Å². The lowest BCUT2D eigenvalue weighted by Crippen LogP contribution is -2.28. The van der Waals surface area contributed by atoms with Crippen LogP contribution in [-0.4, -0.2) is 30.6 Å². The van der Waals surface area contributed by atoms with E-state index in [2.05, 4.69) is 0 Å². The largest absolute Gasteiger partial charge is 0.454 e. The second kappa shape index (κ2) is 8.97. The molecule has 3 aromatic carbocycles. The first-order valence-electron chi connectivity index (χ1n) is 10.9. The number of anilines is 1. The Labute approximate surface area is 209 Å².